The summed E-state index contributed by atoms with van der Waals surface area (Å²) in [5.74, 6) is 0.405. The lowest BCUT2D eigenvalue weighted by molar-refractivity contribution is 0.214. The third kappa shape index (κ3) is 3.40. The van der Waals surface area contributed by atoms with Crippen molar-refractivity contribution in [3.05, 3.63) is 70.2 Å². The van der Waals surface area contributed by atoms with Crippen molar-refractivity contribution in [3.8, 4) is 0 Å². The van der Waals surface area contributed by atoms with Gasteiger partial charge in [-0.05, 0) is 61.5 Å². The zero-order chi connectivity index (χ0) is 17.2. The monoisotopic (exact) mass is 336 g/mol. The summed E-state index contributed by atoms with van der Waals surface area (Å²) in [4.78, 5) is 14.1. The van der Waals surface area contributed by atoms with Crippen LogP contribution in [0.2, 0.25) is 0 Å². The lowest BCUT2D eigenvalue weighted by Crippen LogP contribution is -2.34. The summed E-state index contributed by atoms with van der Waals surface area (Å²) < 4.78 is 6.84. The van der Waals surface area contributed by atoms with E-state index in [9.17, 15) is 4.79 Å². The Labute approximate surface area is 147 Å². The molecule has 0 saturated carbocycles. The lowest BCUT2D eigenvalue weighted by atomic mass is 9.89. The first-order chi connectivity index (χ1) is 12.2. The van der Waals surface area contributed by atoms with Crippen LogP contribution in [0.5, 0.6) is 0 Å². The number of oxazole rings is 1. The molecule has 1 fully saturated rings. The molecule has 1 aliphatic rings. The van der Waals surface area contributed by atoms with E-state index < -0.39 is 0 Å². The summed E-state index contributed by atoms with van der Waals surface area (Å²) in [6, 6.07) is 17.0. The average Bonchev–Trinajstić information content (AvgIpc) is 2.95. The van der Waals surface area contributed by atoms with E-state index in [4.69, 9.17) is 4.42 Å². The SMILES string of the molecule is Cn1c(=O)oc2cc(CCN3CCC(c4ccccc4)CC3)ccc21. The van der Waals surface area contributed by atoms with Gasteiger partial charge in [0.25, 0.3) is 0 Å². The number of piperidine rings is 1. The molecule has 2 aromatic carbocycles. The van der Waals surface area contributed by atoms with Gasteiger partial charge >= 0.3 is 5.76 Å². The molecule has 2 heterocycles. The Morgan fingerprint density at radius 2 is 1.84 bits per heavy atom. The van der Waals surface area contributed by atoms with E-state index in [2.05, 4.69) is 41.3 Å². The average molecular weight is 336 g/mol. The molecule has 130 valence electrons. The van der Waals surface area contributed by atoms with Crippen molar-refractivity contribution in [3.63, 3.8) is 0 Å². The van der Waals surface area contributed by atoms with Gasteiger partial charge in [-0.2, -0.15) is 0 Å². The molecule has 0 unspecified atom stereocenters. The van der Waals surface area contributed by atoms with Crippen LogP contribution in [0.15, 0.2) is 57.7 Å². The number of aromatic nitrogens is 1. The normalized spacial score (nSPS) is 16.5. The smallest absolute Gasteiger partial charge is 0.408 e. The number of aryl methyl sites for hydroxylation is 1. The van der Waals surface area contributed by atoms with Crippen LogP contribution >= 0.6 is 0 Å². The van der Waals surface area contributed by atoms with Gasteiger partial charge in [-0.25, -0.2) is 4.79 Å². The minimum absolute atomic E-state index is 0.296. The van der Waals surface area contributed by atoms with Crippen LogP contribution in [0.1, 0.15) is 29.9 Å². The number of likely N-dealkylation sites (tertiary alicyclic amines) is 1. The molecule has 0 radical (unpaired) electrons. The fourth-order valence-corrected chi connectivity index (χ4v) is 3.84. The molecular formula is C21H24N2O2. The van der Waals surface area contributed by atoms with E-state index in [0.29, 0.717) is 11.5 Å². The Hall–Kier alpha value is -2.33. The van der Waals surface area contributed by atoms with Gasteiger partial charge in [0.05, 0.1) is 5.52 Å². The van der Waals surface area contributed by atoms with Gasteiger partial charge in [0, 0.05) is 13.6 Å². The van der Waals surface area contributed by atoms with Crippen molar-refractivity contribution in [2.24, 2.45) is 7.05 Å². The maximum atomic E-state index is 11.6. The molecule has 1 aliphatic heterocycles. The highest BCUT2D eigenvalue weighted by molar-refractivity contribution is 5.73. The summed E-state index contributed by atoms with van der Waals surface area (Å²) in [5, 5.41) is 0. The maximum Gasteiger partial charge on any atom is 0.419 e. The van der Waals surface area contributed by atoms with Crippen LogP contribution in [0, 0.1) is 0 Å². The largest absolute Gasteiger partial charge is 0.419 e. The van der Waals surface area contributed by atoms with Crippen molar-refractivity contribution in [1.29, 1.82) is 0 Å². The fourth-order valence-electron chi connectivity index (χ4n) is 3.84. The standard InChI is InChI=1S/C21H24N2O2/c1-22-19-8-7-16(15-20(19)25-21(22)24)9-12-23-13-10-18(11-14-23)17-5-3-2-4-6-17/h2-8,15,18H,9-14H2,1H3. The first-order valence-electron chi connectivity index (χ1n) is 9.06. The molecule has 1 aromatic heterocycles. The van der Waals surface area contributed by atoms with Gasteiger partial charge in [0.15, 0.2) is 5.58 Å². The Bertz CT molecular complexity index is 903. The molecule has 1 saturated heterocycles. The van der Waals surface area contributed by atoms with Gasteiger partial charge in [-0.1, -0.05) is 36.4 Å². The first-order valence-corrected chi connectivity index (χ1v) is 9.06. The zero-order valence-corrected chi connectivity index (χ0v) is 14.6. The topological polar surface area (TPSA) is 38.4 Å². The van der Waals surface area contributed by atoms with Crippen molar-refractivity contribution in [2.45, 2.75) is 25.2 Å². The molecule has 0 spiro atoms. The number of rotatable bonds is 4. The molecule has 0 atom stereocenters. The third-order valence-corrected chi connectivity index (χ3v) is 5.43. The summed E-state index contributed by atoms with van der Waals surface area (Å²) in [7, 11) is 1.74. The van der Waals surface area contributed by atoms with Crippen LogP contribution in [-0.2, 0) is 13.5 Å². The molecule has 4 heteroatoms. The number of nitrogens with zero attached hydrogens (tertiary/aromatic N) is 2. The minimum atomic E-state index is -0.296. The number of benzene rings is 2. The third-order valence-electron chi connectivity index (χ3n) is 5.43. The Morgan fingerprint density at radius 3 is 2.60 bits per heavy atom. The highest BCUT2D eigenvalue weighted by Crippen LogP contribution is 2.27. The molecule has 25 heavy (non-hydrogen) atoms. The molecule has 0 amide bonds. The number of fused-ring (bicyclic) bond motifs is 1. The van der Waals surface area contributed by atoms with Gasteiger partial charge in [-0.3, -0.25) is 4.57 Å². The summed E-state index contributed by atoms with van der Waals surface area (Å²) >= 11 is 0. The molecule has 0 N–H and O–H groups in total. The van der Waals surface area contributed by atoms with Crippen molar-refractivity contribution in [2.75, 3.05) is 19.6 Å². The predicted molar refractivity (Wildman–Crippen MR) is 100 cm³/mol. The zero-order valence-electron chi connectivity index (χ0n) is 14.6. The number of hydrogen-bond acceptors (Lipinski definition) is 3. The Balaban J connectivity index is 1.34. The van der Waals surface area contributed by atoms with Gasteiger partial charge in [0.1, 0.15) is 0 Å². The van der Waals surface area contributed by atoms with Crippen LogP contribution in [0.3, 0.4) is 0 Å². The molecule has 4 nitrogen and oxygen atoms in total. The van der Waals surface area contributed by atoms with E-state index in [0.717, 1.165) is 31.6 Å². The van der Waals surface area contributed by atoms with Gasteiger partial charge in [0.2, 0.25) is 0 Å². The van der Waals surface area contributed by atoms with E-state index in [1.807, 2.05) is 12.1 Å². The van der Waals surface area contributed by atoms with Crippen LogP contribution in [0.4, 0.5) is 0 Å². The molecule has 0 aliphatic carbocycles. The Morgan fingerprint density at radius 1 is 1.08 bits per heavy atom. The Kier molecular flexibility index (Phi) is 4.45. The van der Waals surface area contributed by atoms with Crippen LogP contribution < -0.4 is 5.76 Å². The highest BCUT2D eigenvalue weighted by atomic mass is 16.4. The highest BCUT2D eigenvalue weighted by Gasteiger charge is 2.20. The van der Waals surface area contributed by atoms with Gasteiger partial charge in [-0.15, -0.1) is 0 Å². The van der Waals surface area contributed by atoms with Crippen molar-refractivity contribution >= 4 is 11.1 Å². The summed E-state index contributed by atoms with van der Waals surface area (Å²) in [6.45, 7) is 3.37. The summed E-state index contributed by atoms with van der Waals surface area (Å²) in [6.07, 6.45) is 3.46. The fraction of sp³-hybridized carbons (Fsp3) is 0.381. The van der Waals surface area contributed by atoms with Crippen molar-refractivity contribution < 1.29 is 4.42 Å². The molecule has 0 bridgehead atoms. The van der Waals surface area contributed by atoms with E-state index in [1.165, 1.54) is 24.0 Å². The van der Waals surface area contributed by atoms with E-state index in [1.54, 1.807) is 11.6 Å². The predicted octanol–water partition coefficient (Wildman–Crippen LogP) is 3.55. The van der Waals surface area contributed by atoms with Gasteiger partial charge < -0.3 is 9.32 Å². The minimum Gasteiger partial charge on any atom is -0.408 e. The van der Waals surface area contributed by atoms with Crippen molar-refractivity contribution in [1.82, 2.24) is 9.47 Å². The second-order valence-electron chi connectivity index (χ2n) is 7.01. The summed E-state index contributed by atoms with van der Waals surface area (Å²) in [5.41, 5.74) is 4.25. The first kappa shape index (κ1) is 16.2. The lowest BCUT2D eigenvalue weighted by Gasteiger charge is -2.32. The molecule has 4 rings (SSSR count). The van der Waals surface area contributed by atoms with E-state index in [-0.39, 0.29) is 5.76 Å². The second kappa shape index (κ2) is 6.89. The molecular weight excluding hydrogens is 312 g/mol. The quantitative estimate of drug-likeness (QED) is 0.731. The van der Waals surface area contributed by atoms with Crippen LogP contribution in [-0.4, -0.2) is 29.1 Å². The molecule has 3 aromatic rings. The maximum absolute atomic E-state index is 11.6. The number of hydrogen-bond donors (Lipinski definition) is 0. The van der Waals surface area contributed by atoms with Crippen LogP contribution in [0.25, 0.3) is 11.1 Å². The second-order valence-corrected chi connectivity index (χ2v) is 7.01. The van der Waals surface area contributed by atoms with E-state index >= 15 is 0 Å².